The zero-order valence-electron chi connectivity index (χ0n) is 43.3. The van der Waals surface area contributed by atoms with Gasteiger partial charge in [-0.3, -0.25) is 0 Å². The second-order valence-electron chi connectivity index (χ2n) is 20.0. The van der Waals surface area contributed by atoms with Crippen molar-refractivity contribution in [3.05, 3.63) is 189 Å². The Kier molecular flexibility index (Phi) is 23.1. The molecule has 2 nitrogen and oxygen atoms in total. The summed E-state index contributed by atoms with van der Waals surface area (Å²) in [6, 6.07) is 49.8. The Morgan fingerprint density at radius 2 is 0.882 bits per heavy atom. The van der Waals surface area contributed by atoms with Gasteiger partial charge >= 0.3 is 67.5 Å². The van der Waals surface area contributed by atoms with Gasteiger partial charge in [-0.2, -0.15) is 12.1 Å². The molecule has 0 fully saturated rings. The molecule has 0 radical (unpaired) electrons. The van der Waals surface area contributed by atoms with Crippen molar-refractivity contribution in [1.82, 2.24) is 0 Å². The van der Waals surface area contributed by atoms with Crippen LogP contribution in [0.4, 0.5) is 0 Å². The zero-order valence-corrected chi connectivity index (χ0v) is 49.0. The molecule has 0 saturated heterocycles. The molecular weight excluding hydrogens is 1010 g/mol. The number of hydrogen-bond donors (Lipinski definition) is 0. The van der Waals surface area contributed by atoms with E-state index in [0.717, 1.165) is 29.5 Å². The number of aryl methyl sites for hydroxylation is 5. The predicted octanol–water partition coefficient (Wildman–Crippen LogP) is 17.1. The fourth-order valence-electron chi connectivity index (χ4n) is 7.86. The van der Waals surface area contributed by atoms with Crippen molar-refractivity contribution >= 4 is 36.4 Å². The molecule has 0 saturated carbocycles. The Balaban J connectivity index is 0.000000248. The molecule has 0 bridgehead atoms. The standard InChI is InChI=1S/2C22H25.C8H9ClO.C8H10O.C3H6.2Zr/c2*1-5-7-16-14-18-8-6-9-20(21(18)15-16)17-10-12-19(13-11-17)22(2,3)4;1-5-3-4-7(9)6(2)8(5)10;1-6-4-3-5-7(2)8(6)9;1-3-2;;/h2*6,8-15H,5,7H2,1-4H3;3-4,10H,1-2H3;3-5,9H,1-2H3;1-2H3;;/q2*-1;;;;2*+2/p-2. The molecule has 0 aliphatic carbocycles. The number of para-hydroxylation sites is 1. The summed E-state index contributed by atoms with van der Waals surface area (Å²) >= 11 is 7.24. The number of halogens is 1. The van der Waals surface area contributed by atoms with Gasteiger partial charge in [0, 0.05) is 5.02 Å². The molecule has 0 unspecified atom stereocenters. The van der Waals surface area contributed by atoms with Crippen molar-refractivity contribution in [2.24, 2.45) is 0 Å². The third-order valence-corrected chi connectivity index (χ3v) is 12.2. The van der Waals surface area contributed by atoms with Crippen LogP contribution in [0.2, 0.25) is 5.02 Å². The zero-order chi connectivity index (χ0) is 49.6. The van der Waals surface area contributed by atoms with Crippen LogP contribution >= 0.6 is 11.6 Å². The van der Waals surface area contributed by atoms with Crippen molar-refractivity contribution in [3.63, 3.8) is 0 Å². The summed E-state index contributed by atoms with van der Waals surface area (Å²) in [7, 11) is 0. The molecule has 0 amide bonds. The molecule has 0 N–H and O–H groups in total. The summed E-state index contributed by atoms with van der Waals surface area (Å²) in [5.41, 5.74) is 14.5. The van der Waals surface area contributed by atoms with E-state index in [4.69, 9.17) is 11.6 Å². The van der Waals surface area contributed by atoms with Crippen molar-refractivity contribution < 1.29 is 60.7 Å². The number of fused-ring (bicyclic) bond motifs is 2. The summed E-state index contributed by atoms with van der Waals surface area (Å²) in [6.45, 7) is 29.5. The molecule has 8 aromatic carbocycles. The fraction of sp³-hybridized carbons (Fsp3) is 0.317. The van der Waals surface area contributed by atoms with Crippen molar-refractivity contribution in [3.8, 4) is 33.8 Å². The van der Waals surface area contributed by atoms with Crippen LogP contribution in [-0.4, -0.2) is 3.21 Å². The maximum Gasteiger partial charge on any atom is 2.00 e. The average molecular weight is 1080 g/mol. The van der Waals surface area contributed by atoms with Crippen molar-refractivity contribution in [2.75, 3.05) is 0 Å². The fourth-order valence-corrected chi connectivity index (χ4v) is 8.01. The van der Waals surface area contributed by atoms with E-state index in [1.165, 1.54) is 82.1 Å². The molecular formula is C63H73ClO2Zr2. The topological polar surface area (TPSA) is 46.1 Å². The maximum atomic E-state index is 11.1. The molecule has 68 heavy (non-hydrogen) atoms. The Hall–Kier alpha value is -3.93. The second kappa shape index (κ2) is 26.9. The maximum absolute atomic E-state index is 11.1. The van der Waals surface area contributed by atoms with E-state index in [9.17, 15) is 10.2 Å². The van der Waals surface area contributed by atoms with Crippen LogP contribution in [0.15, 0.2) is 140 Å². The van der Waals surface area contributed by atoms with Crippen LogP contribution in [0.1, 0.15) is 127 Å². The first-order chi connectivity index (χ1) is 31.5. The predicted molar refractivity (Wildman–Crippen MR) is 287 cm³/mol. The summed E-state index contributed by atoms with van der Waals surface area (Å²) in [5.74, 6) is 0.213. The van der Waals surface area contributed by atoms with E-state index in [0.29, 0.717) is 10.6 Å². The van der Waals surface area contributed by atoms with Gasteiger partial charge in [0.1, 0.15) is 0 Å². The Morgan fingerprint density at radius 3 is 1.21 bits per heavy atom. The van der Waals surface area contributed by atoms with Gasteiger partial charge in [-0.1, -0.05) is 193 Å². The first-order valence-electron chi connectivity index (χ1n) is 23.8. The third kappa shape index (κ3) is 16.9. The third-order valence-electron chi connectivity index (χ3n) is 11.8. The van der Waals surface area contributed by atoms with Crippen LogP contribution in [-0.2, 0) is 74.1 Å². The molecule has 8 aromatic rings. The van der Waals surface area contributed by atoms with Gasteiger partial charge < -0.3 is 10.2 Å². The van der Waals surface area contributed by atoms with Gasteiger partial charge in [0.2, 0.25) is 0 Å². The number of hydrogen-bond acceptors (Lipinski definition) is 2. The van der Waals surface area contributed by atoms with Crippen LogP contribution in [0.25, 0.3) is 43.8 Å². The van der Waals surface area contributed by atoms with Gasteiger partial charge in [0.25, 0.3) is 0 Å². The smallest absolute Gasteiger partial charge is 0.872 e. The van der Waals surface area contributed by atoms with E-state index in [1.807, 2.05) is 32.0 Å². The molecule has 0 atom stereocenters. The van der Waals surface area contributed by atoms with Crippen LogP contribution in [0, 0.1) is 27.7 Å². The summed E-state index contributed by atoms with van der Waals surface area (Å²) in [5, 5.41) is 28.1. The second-order valence-corrected chi connectivity index (χ2v) is 22.9. The molecule has 0 aromatic heterocycles. The Labute approximate surface area is 449 Å². The minimum absolute atomic E-state index is 0. The van der Waals surface area contributed by atoms with Gasteiger partial charge in [0.15, 0.2) is 0 Å². The summed E-state index contributed by atoms with van der Waals surface area (Å²) in [6.07, 6.45) is 4.73. The number of benzene rings is 6. The van der Waals surface area contributed by atoms with Gasteiger partial charge in [-0.15, -0.1) is 80.6 Å². The SMILES string of the molecule is CCCc1cc2c(-c3ccc(C(C)(C)C)cc3)cccc2[cH-]1.CCCc1cc2c(-c3ccc(C(C)(C)C)cc3)cccc2[cH-]1.C[C](C)=[Zr+2].Cc1ccc(Cl)c(C)c1[O-].Cc1cccc(C)c1[O-].[Zr+2]. The van der Waals surface area contributed by atoms with Gasteiger partial charge in [-0.05, 0) is 85.3 Å². The van der Waals surface area contributed by atoms with E-state index < -0.39 is 0 Å². The van der Waals surface area contributed by atoms with Crippen LogP contribution < -0.4 is 10.2 Å². The molecule has 0 spiro atoms. The summed E-state index contributed by atoms with van der Waals surface area (Å²) < 4.78 is 1.51. The van der Waals surface area contributed by atoms with E-state index in [-0.39, 0.29) is 48.5 Å². The number of rotatable bonds is 6. The van der Waals surface area contributed by atoms with E-state index in [2.05, 4.69) is 178 Å². The quantitative estimate of drug-likeness (QED) is 0.156. The van der Waals surface area contributed by atoms with Gasteiger partial charge in [-0.25, -0.2) is 0 Å². The minimum Gasteiger partial charge on any atom is -0.872 e. The van der Waals surface area contributed by atoms with Crippen LogP contribution in [0.5, 0.6) is 11.5 Å². The molecule has 5 heteroatoms. The molecule has 0 heterocycles. The normalized spacial score (nSPS) is 10.9. The van der Waals surface area contributed by atoms with Crippen LogP contribution in [0.3, 0.4) is 0 Å². The minimum atomic E-state index is 0. The molecule has 8 rings (SSSR count). The van der Waals surface area contributed by atoms with E-state index >= 15 is 0 Å². The first kappa shape index (κ1) is 58.4. The monoisotopic (exact) mass is 1080 g/mol. The molecule has 0 aliphatic heterocycles. The summed E-state index contributed by atoms with van der Waals surface area (Å²) in [4.78, 5) is 0. The molecule has 0 aliphatic rings. The average Bonchev–Trinajstić information content (AvgIpc) is 3.90. The molecule has 352 valence electrons. The first-order valence-corrected chi connectivity index (χ1v) is 25.4. The van der Waals surface area contributed by atoms with Crippen molar-refractivity contribution in [1.29, 1.82) is 0 Å². The Bertz CT molecular complexity index is 2640. The van der Waals surface area contributed by atoms with Crippen molar-refractivity contribution in [2.45, 2.75) is 133 Å². The largest absolute Gasteiger partial charge is 2.00 e. The van der Waals surface area contributed by atoms with E-state index in [1.54, 1.807) is 50.2 Å². The Morgan fingerprint density at radius 1 is 0.529 bits per heavy atom. The van der Waals surface area contributed by atoms with Gasteiger partial charge in [0.05, 0.1) is 0 Å².